The van der Waals surface area contributed by atoms with Crippen molar-refractivity contribution in [2.45, 2.75) is 72.6 Å². The molecule has 2 aromatic rings. The van der Waals surface area contributed by atoms with Gasteiger partial charge < -0.3 is 0 Å². The van der Waals surface area contributed by atoms with Crippen LogP contribution in [0.15, 0.2) is 35.4 Å². The summed E-state index contributed by atoms with van der Waals surface area (Å²) in [5.74, 6) is 0.592. The topological polar surface area (TPSA) is 50.2 Å². The van der Waals surface area contributed by atoms with Crippen LogP contribution in [0.4, 0.5) is 5.95 Å². The van der Waals surface area contributed by atoms with Crippen molar-refractivity contribution in [2.24, 2.45) is 5.10 Å². The lowest BCUT2D eigenvalue weighted by molar-refractivity contribution is 0.769. The third-order valence-corrected chi connectivity index (χ3v) is 4.50. The molecule has 0 unspecified atom stereocenters. The summed E-state index contributed by atoms with van der Waals surface area (Å²) < 4.78 is 0. The number of unbranched alkanes of at least 4 members (excludes halogenated alkanes) is 2. The van der Waals surface area contributed by atoms with Crippen LogP contribution in [0.25, 0.3) is 0 Å². The molecule has 1 heterocycles. The molecule has 0 fully saturated rings. The molecule has 0 aliphatic rings. The molecule has 0 saturated heterocycles. The molecule has 0 aliphatic carbocycles. The summed E-state index contributed by atoms with van der Waals surface area (Å²) in [6, 6.07) is 10.8. The molecule has 2 rings (SSSR count). The fraction of sp³-hybridized carbons (Fsp3) is 0.500. The first-order chi connectivity index (χ1) is 12.7. The smallest absolute Gasteiger partial charge is 0.243 e. The Morgan fingerprint density at radius 1 is 0.923 bits per heavy atom. The number of rotatable bonds is 10. The van der Waals surface area contributed by atoms with Gasteiger partial charge in [0.25, 0.3) is 0 Å². The van der Waals surface area contributed by atoms with E-state index in [1.807, 2.05) is 6.92 Å². The molecule has 1 aromatic heterocycles. The number of hydrazone groups is 1. The Hall–Kier alpha value is -2.23. The van der Waals surface area contributed by atoms with E-state index in [2.05, 4.69) is 71.6 Å². The number of hydrogen-bond donors (Lipinski definition) is 1. The first-order valence-electron chi connectivity index (χ1n) is 9.92. The zero-order valence-electron chi connectivity index (χ0n) is 16.7. The van der Waals surface area contributed by atoms with Gasteiger partial charge in [-0.3, -0.25) is 0 Å². The summed E-state index contributed by atoms with van der Waals surface area (Å²) in [5.41, 5.74) is 8.64. The van der Waals surface area contributed by atoms with Crippen LogP contribution >= 0.6 is 0 Å². The van der Waals surface area contributed by atoms with Crippen molar-refractivity contribution in [1.82, 2.24) is 9.97 Å². The van der Waals surface area contributed by atoms with Crippen LogP contribution in [0.1, 0.15) is 75.9 Å². The van der Waals surface area contributed by atoms with Gasteiger partial charge in [-0.1, -0.05) is 57.9 Å². The van der Waals surface area contributed by atoms with E-state index in [4.69, 9.17) is 0 Å². The summed E-state index contributed by atoms with van der Waals surface area (Å²) in [6.45, 7) is 8.54. The van der Waals surface area contributed by atoms with Crippen LogP contribution in [-0.2, 0) is 19.3 Å². The molecule has 0 aliphatic heterocycles. The fourth-order valence-electron chi connectivity index (χ4n) is 2.76. The Bertz CT molecular complexity index is 705. The predicted molar refractivity (Wildman–Crippen MR) is 111 cm³/mol. The van der Waals surface area contributed by atoms with Gasteiger partial charge in [-0.15, -0.1) is 0 Å². The molecule has 1 N–H and O–H groups in total. The minimum Gasteiger partial charge on any atom is -0.245 e. The number of hydrogen-bond acceptors (Lipinski definition) is 4. The second-order valence-corrected chi connectivity index (χ2v) is 6.74. The van der Waals surface area contributed by atoms with E-state index in [1.54, 1.807) is 0 Å². The fourth-order valence-corrected chi connectivity index (χ4v) is 2.76. The zero-order valence-corrected chi connectivity index (χ0v) is 16.7. The first kappa shape index (κ1) is 20.1. The molecular weight excluding hydrogens is 320 g/mol. The number of anilines is 1. The number of nitrogens with one attached hydrogen (secondary N) is 1. The molecular formula is C22H32N4. The summed E-state index contributed by atoms with van der Waals surface area (Å²) >= 11 is 0. The molecule has 0 atom stereocenters. The second kappa shape index (κ2) is 10.7. The molecule has 0 amide bonds. The van der Waals surface area contributed by atoms with Crippen LogP contribution in [0.5, 0.6) is 0 Å². The summed E-state index contributed by atoms with van der Waals surface area (Å²) in [5, 5.41) is 4.49. The SMILES string of the molecule is CCCCc1ccc(C(C)=NNc2nc(CC)cc(CCCC)n2)cc1. The molecule has 26 heavy (non-hydrogen) atoms. The minimum absolute atomic E-state index is 0.592. The van der Waals surface area contributed by atoms with Gasteiger partial charge in [0.05, 0.1) is 5.71 Å². The van der Waals surface area contributed by atoms with Crippen molar-refractivity contribution in [3.8, 4) is 0 Å². The Morgan fingerprint density at radius 3 is 2.23 bits per heavy atom. The first-order valence-corrected chi connectivity index (χ1v) is 9.92. The average Bonchev–Trinajstić information content (AvgIpc) is 2.69. The summed E-state index contributed by atoms with van der Waals surface area (Å²) in [6.07, 6.45) is 7.80. The van der Waals surface area contributed by atoms with Crippen LogP contribution in [0.2, 0.25) is 0 Å². The summed E-state index contributed by atoms with van der Waals surface area (Å²) in [4.78, 5) is 9.15. The van der Waals surface area contributed by atoms with Gasteiger partial charge in [0.15, 0.2) is 0 Å². The minimum atomic E-state index is 0.592. The number of nitrogens with zero attached hydrogens (tertiary/aromatic N) is 3. The van der Waals surface area contributed by atoms with Crippen LogP contribution in [0, 0.1) is 0 Å². The van der Waals surface area contributed by atoms with Crippen molar-refractivity contribution in [2.75, 3.05) is 5.43 Å². The van der Waals surface area contributed by atoms with Crippen LogP contribution in [-0.4, -0.2) is 15.7 Å². The van der Waals surface area contributed by atoms with Gasteiger partial charge in [-0.2, -0.15) is 5.10 Å². The van der Waals surface area contributed by atoms with E-state index in [0.717, 1.165) is 48.3 Å². The summed E-state index contributed by atoms with van der Waals surface area (Å²) in [7, 11) is 0. The maximum Gasteiger partial charge on any atom is 0.243 e. The Kier molecular flexibility index (Phi) is 8.26. The quantitative estimate of drug-likeness (QED) is 0.450. The van der Waals surface area contributed by atoms with Gasteiger partial charge >= 0.3 is 0 Å². The van der Waals surface area contributed by atoms with E-state index in [0.29, 0.717) is 5.95 Å². The number of aryl methyl sites for hydroxylation is 3. The van der Waals surface area contributed by atoms with E-state index in [1.165, 1.54) is 24.8 Å². The van der Waals surface area contributed by atoms with E-state index >= 15 is 0 Å². The van der Waals surface area contributed by atoms with Gasteiger partial charge in [0.1, 0.15) is 0 Å². The lowest BCUT2D eigenvalue weighted by atomic mass is 10.0. The van der Waals surface area contributed by atoms with E-state index < -0.39 is 0 Å². The molecule has 4 nitrogen and oxygen atoms in total. The van der Waals surface area contributed by atoms with Crippen molar-refractivity contribution in [3.05, 3.63) is 52.8 Å². The highest BCUT2D eigenvalue weighted by Crippen LogP contribution is 2.11. The van der Waals surface area contributed by atoms with Crippen molar-refractivity contribution < 1.29 is 0 Å². The third kappa shape index (κ3) is 6.25. The lowest BCUT2D eigenvalue weighted by Crippen LogP contribution is -2.06. The highest BCUT2D eigenvalue weighted by molar-refractivity contribution is 5.99. The van der Waals surface area contributed by atoms with Crippen LogP contribution in [0.3, 0.4) is 0 Å². The van der Waals surface area contributed by atoms with Crippen molar-refractivity contribution in [1.29, 1.82) is 0 Å². The zero-order chi connectivity index (χ0) is 18.8. The molecule has 0 spiro atoms. The maximum atomic E-state index is 4.60. The lowest BCUT2D eigenvalue weighted by Gasteiger charge is -2.08. The van der Waals surface area contributed by atoms with Gasteiger partial charge in [-0.25, -0.2) is 15.4 Å². The molecule has 1 aromatic carbocycles. The standard InChI is InChI=1S/C22H32N4/c1-5-8-10-18-12-14-19(15-13-18)17(4)25-26-22-23-20(7-3)16-21(24-22)11-9-6-2/h12-16H,5-11H2,1-4H3,(H,23,24,26). The highest BCUT2D eigenvalue weighted by atomic mass is 15.4. The Morgan fingerprint density at radius 2 is 1.58 bits per heavy atom. The van der Waals surface area contributed by atoms with Gasteiger partial charge in [-0.05, 0) is 56.2 Å². The third-order valence-electron chi connectivity index (χ3n) is 4.50. The van der Waals surface area contributed by atoms with Crippen molar-refractivity contribution in [3.63, 3.8) is 0 Å². The molecule has 0 bridgehead atoms. The molecule has 0 radical (unpaired) electrons. The number of benzene rings is 1. The predicted octanol–water partition coefficient (Wildman–Crippen LogP) is 5.56. The molecule has 0 saturated carbocycles. The van der Waals surface area contributed by atoms with Gasteiger partial charge in [0, 0.05) is 11.4 Å². The second-order valence-electron chi connectivity index (χ2n) is 6.74. The largest absolute Gasteiger partial charge is 0.245 e. The van der Waals surface area contributed by atoms with E-state index in [9.17, 15) is 0 Å². The van der Waals surface area contributed by atoms with Gasteiger partial charge in [0.2, 0.25) is 5.95 Å². The molecule has 4 heteroatoms. The highest BCUT2D eigenvalue weighted by Gasteiger charge is 2.04. The van der Waals surface area contributed by atoms with E-state index in [-0.39, 0.29) is 0 Å². The monoisotopic (exact) mass is 352 g/mol. The van der Waals surface area contributed by atoms with Crippen molar-refractivity contribution >= 4 is 11.7 Å². The maximum absolute atomic E-state index is 4.60. The van der Waals surface area contributed by atoms with Crippen LogP contribution < -0.4 is 5.43 Å². The average molecular weight is 353 g/mol. The Labute approximate surface area is 158 Å². The molecule has 140 valence electrons. The number of aromatic nitrogens is 2. The normalized spacial score (nSPS) is 11.6. The Balaban J connectivity index is 2.07.